The van der Waals surface area contributed by atoms with Gasteiger partial charge < -0.3 is 14.9 Å². The fourth-order valence-corrected chi connectivity index (χ4v) is 5.23. The molecule has 0 radical (unpaired) electrons. The normalized spacial score (nSPS) is 12.7. The Morgan fingerprint density at radius 2 is 1.79 bits per heavy atom. The van der Waals surface area contributed by atoms with Gasteiger partial charge in [0.2, 0.25) is 0 Å². The van der Waals surface area contributed by atoms with Crippen molar-refractivity contribution < 1.29 is 24.1 Å². The van der Waals surface area contributed by atoms with E-state index in [2.05, 4.69) is 9.97 Å². The Morgan fingerprint density at radius 1 is 1.07 bits per heavy atom. The number of fused-ring (bicyclic) bond motifs is 2. The van der Waals surface area contributed by atoms with Crippen LogP contribution in [0.25, 0.3) is 39.3 Å². The van der Waals surface area contributed by atoms with Gasteiger partial charge in [0.1, 0.15) is 0 Å². The maximum atomic E-state index is 15.3. The smallest absolute Gasteiger partial charge is 0.307 e. The highest BCUT2D eigenvalue weighted by molar-refractivity contribution is 5.80. The third-order valence-corrected chi connectivity index (χ3v) is 7.08. The Labute approximate surface area is 249 Å². The molecule has 0 saturated carbocycles. The molecule has 0 atom stereocenters. The van der Waals surface area contributed by atoms with E-state index in [-0.39, 0.29) is 12.2 Å². The van der Waals surface area contributed by atoms with Crippen LogP contribution in [-0.4, -0.2) is 48.0 Å². The second kappa shape index (κ2) is 11.9. The Kier molecular flexibility index (Phi) is 8.28. The molecule has 4 heterocycles. The highest BCUT2D eigenvalue weighted by atomic mass is 19.1. The van der Waals surface area contributed by atoms with Crippen molar-refractivity contribution >= 4 is 11.6 Å². The summed E-state index contributed by atoms with van der Waals surface area (Å²) in [4.78, 5) is 20.8. The average molecular weight is 583 g/mol. The van der Waals surface area contributed by atoms with Crippen LogP contribution in [0.4, 0.5) is 4.39 Å². The molecule has 1 aliphatic rings. The summed E-state index contributed by atoms with van der Waals surface area (Å²) < 4.78 is 22.6. The van der Waals surface area contributed by atoms with Crippen LogP contribution >= 0.6 is 0 Å². The van der Waals surface area contributed by atoms with Crippen LogP contribution in [0.3, 0.4) is 0 Å². The first-order valence-corrected chi connectivity index (χ1v) is 14.2. The highest BCUT2D eigenvalue weighted by Gasteiger charge is 2.26. The number of hydrogen-bond donors (Lipinski definition) is 2. The largest absolute Gasteiger partial charge is 0.490 e. The number of aromatic nitrogens is 4. The number of ether oxygens (including phenoxy) is 1. The first-order valence-electron chi connectivity index (χ1n) is 14.2. The van der Waals surface area contributed by atoms with Crippen LogP contribution in [0.15, 0.2) is 60.9 Å². The second-order valence-electron chi connectivity index (χ2n) is 11.7. The maximum absolute atomic E-state index is 15.3. The van der Waals surface area contributed by atoms with Crippen molar-refractivity contribution in [1.29, 1.82) is 0 Å². The summed E-state index contributed by atoms with van der Waals surface area (Å²) >= 11 is 0. The van der Waals surface area contributed by atoms with Crippen molar-refractivity contribution in [3.63, 3.8) is 0 Å². The molecule has 1 aliphatic heterocycles. The molecule has 3 aromatic heterocycles. The van der Waals surface area contributed by atoms with Crippen molar-refractivity contribution in [3.05, 3.63) is 89.1 Å². The summed E-state index contributed by atoms with van der Waals surface area (Å²) in [5.41, 5.74) is 7.46. The third-order valence-electron chi connectivity index (χ3n) is 7.08. The summed E-state index contributed by atoms with van der Waals surface area (Å²) in [5, 5.41) is 23.1. The standard InChI is InChI=1S/C30H25FN4O3.C4H10O/c1-17-22-9-5-11-38-30(22)25(31)13-23(17)29-24(14-28(36)37)18(2)33-27-15-26(34-35(27)29)20-7-3-6-19(12-20)21-8-4-10-32-16-21;1-4(2,3)5/h3-4,6-8,10,12-13,15-16H,5,9,11,14H2,1-2H3,(H,36,37);5H,1-3H3. The van der Waals surface area contributed by atoms with E-state index in [0.29, 0.717) is 46.9 Å². The van der Waals surface area contributed by atoms with Crippen molar-refractivity contribution in [3.8, 4) is 39.4 Å². The predicted octanol–water partition coefficient (Wildman–Crippen LogP) is 6.61. The number of hydrogen-bond acceptors (Lipinski definition) is 6. The van der Waals surface area contributed by atoms with Gasteiger partial charge in [-0.15, -0.1) is 0 Å². The van der Waals surface area contributed by atoms with E-state index in [0.717, 1.165) is 34.2 Å². The average Bonchev–Trinajstić information content (AvgIpc) is 3.39. The number of carboxylic acid groups (broad SMARTS) is 1. The number of aliphatic hydroxyl groups is 1. The van der Waals surface area contributed by atoms with Crippen molar-refractivity contribution in [2.24, 2.45) is 0 Å². The number of aliphatic carboxylic acids is 1. The van der Waals surface area contributed by atoms with E-state index in [1.807, 2.05) is 49.4 Å². The lowest BCUT2D eigenvalue weighted by atomic mass is 9.91. The van der Waals surface area contributed by atoms with Gasteiger partial charge >= 0.3 is 5.97 Å². The number of pyridine rings is 1. The highest BCUT2D eigenvalue weighted by Crippen LogP contribution is 2.39. The van der Waals surface area contributed by atoms with Crippen molar-refractivity contribution in [2.75, 3.05) is 6.61 Å². The van der Waals surface area contributed by atoms with Gasteiger partial charge in [-0.05, 0) is 76.8 Å². The molecule has 0 fully saturated rings. The molecule has 43 heavy (non-hydrogen) atoms. The number of rotatable bonds is 5. The van der Waals surface area contributed by atoms with E-state index in [1.165, 1.54) is 6.07 Å². The molecule has 2 aromatic carbocycles. The van der Waals surface area contributed by atoms with Gasteiger partial charge in [0.05, 0.1) is 30.0 Å². The SMILES string of the molecule is CC(C)(C)O.Cc1nc2cc(-c3cccc(-c4cccnc4)c3)nn2c(-c2cc(F)c3c(c2C)CCCO3)c1CC(=O)O. The quantitative estimate of drug-likeness (QED) is 0.240. The van der Waals surface area contributed by atoms with E-state index in [9.17, 15) is 9.90 Å². The fraction of sp³-hybridized carbons (Fsp3) is 0.294. The van der Waals surface area contributed by atoms with E-state index < -0.39 is 17.4 Å². The van der Waals surface area contributed by atoms with E-state index in [4.69, 9.17) is 14.9 Å². The van der Waals surface area contributed by atoms with Gasteiger partial charge in [0, 0.05) is 52.0 Å². The van der Waals surface area contributed by atoms with Gasteiger partial charge in [-0.1, -0.05) is 24.3 Å². The predicted molar refractivity (Wildman–Crippen MR) is 164 cm³/mol. The molecule has 0 saturated heterocycles. The summed E-state index contributed by atoms with van der Waals surface area (Å²) in [7, 11) is 0. The van der Waals surface area contributed by atoms with Gasteiger partial charge in [0.15, 0.2) is 17.2 Å². The lowest BCUT2D eigenvalue weighted by Gasteiger charge is -2.23. The molecule has 5 aromatic rings. The topological polar surface area (TPSA) is 110 Å². The summed E-state index contributed by atoms with van der Waals surface area (Å²) in [6.45, 7) is 9.42. The molecule has 0 amide bonds. The number of halogens is 1. The molecule has 0 bridgehead atoms. The number of benzene rings is 2. The Balaban J connectivity index is 0.000000682. The lowest BCUT2D eigenvalue weighted by Crippen LogP contribution is -2.14. The fourth-order valence-electron chi connectivity index (χ4n) is 5.23. The molecule has 222 valence electrons. The molecule has 6 rings (SSSR count). The molecule has 0 unspecified atom stereocenters. The molecule has 0 spiro atoms. The number of aryl methyl sites for hydroxylation is 1. The summed E-state index contributed by atoms with van der Waals surface area (Å²) in [6.07, 6.45) is 4.77. The van der Waals surface area contributed by atoms with Gasteiger partial charge in [-0.25, -0.2) is 13.9 Å². The van der Waals surface area contributed by atoms with Gasteiger partial charge in [0.25, 0.3) is 0 Å². The number of carboxylic acids is 1. The van der Waals surface area contributed by atoms with Crippen LogP contribution in [0.5, 0.6) is 5.75 Å². The molecular weight excluding hydrogens is 547 g/mol. The number of nitrogens with zero attached hydrogens (tertiary/aromatic N) is 4. The summed E-state index contributed by atoms with van der Waals surface area (Å²) in [5.74, 6) is -1.17. The van der Waals surface area contributed by atoms with Gasteiger partial charge in [-0.3, -0.25) is 9.78 Å². The molecular formula is C34H35FN4O4. The Hall–Kier alpha value is -4.63. The minimum Gasteiger partial charge on any atom is -0.490 e. The maximum Gasteiger partial charge on any atom is 0.307 e. The number of carbonyl (C=O) groups is 1. The van der Waals surface area contributed by atoms with E-state index in [1.54, 1.807) is 44.6 Å². The Bertz CT molecular complexity index is 1800. The molecule has 2 N–H and O–H groups in total. The van der Waals surface area contributed by atoms with Crippen LogP contribution < -0.4 is 4.74 Å². The summed E-state index contributed by atoms with van der Waals surface area (Å²) in [6, 6.07) is 15.2. The van der Waals surface area contributed by atoms with E-state index >= 15 is 4.39 Å². The first-order chi connectivity index (χ1) is 20.4. The molecule has 0 aliphatic carbocycles. The second-order valence-corrected chi connectivity index (χ2v) is 11.7. The lowest BCUT2D eigenvalue weighted by molar-refractivity contribution is -0.136. The van der Waals surface area contributed by atoms with Crippen LogP contribution in [-0.2, 0) is 17.6 Å². The first kappa shape index (κ1) is 29.8. The van der Waals surface area contributed by atoms with Crippen LogP contribution in [0.1, 0.15) is 49.6 Å². The van der Waals surface area contributed by atoms with Crippen LogP contribution in [0, 0.1) is 19.7 Å². The van der Waals surface area contributed by atoms with Crippen molar-refractivity contribution in [1.82, 2.24) is 19.6 Å². The molecule has 9 heteroatoms. The van der Waals surface area contributed by atoms with Gasteiger partial charge in [-0.2, -0.15) is 5.10 Å². The zero-order valence-corrected chi connectivity index (χ0v) is 25.0. The van der Waals surface area contributed by atoms with Crippen molar-refractivity contribution in [2.45, 2.75) is 59.5 Å². The minimum absolute atomic E-state index is 0.259. The zero-order chi connectivity index (χ0) is 30.9. The van der Waals surface area contributed by atoms with Crippen LogP contribution in [0.2, 0.25) is 0 Å². The third kappa shape index (κ3) is 6.57. The molecule has 8 nitrogen and oxygen atoms in total. The zero-order valence-electron chi connectivity index (χ0n) is 25.0. The Morgan fingerprint density at radius 3 is 2.49 bits per heavy atom. The monoisotopic (exact) mass is 582 g/mol. The minimum atomic E-state index is -0.994.